The Hall–Kier alpha value is -1.94. The van der Waals surface area contributed by atoms with Crippen LogP contribution in [0.2, 0.25) is 5.02 Å². The van der Waals surface area contributed by atoms with E-state index in [1.165, 1.54) is 6.07 Å². The summed E-state index contributed by atoms with van der Waals surface area (Å²) in [4.78, 5) is 20.2. The second-order valence-electron chi connectivity index (χ2n) is 3.99. The van der Waals surface area contributed by atoms with Crippen LogP contribution in [0.1, 0.15) is 21.7 Å². The third-order valence-electron chi connectivity index (χ3n) is 2.30. The number of carbonyl (C=O) groups is 1. The van der Waals surface area contributed by atoms with Gasteiger partial charge in [0, 0.05) is 16.9 Å². The van der Waals surface area contributed by atoms with Gasteiger partial charge in [-0.1, -0.05) is 17.7 Å². The van der Waals surface area contributed by atoms with Crippen LogP contribution in [0.15, 0.2) is 30.5 Å². The minimum Gasteiger partial charge on any atom is -0.305 e. The molecule has 0 spiro atoms. The number of nitrogens with one attached hydrogen (secondary N) is 1. The molecule has 0 aliphatic rings. The molecule has 0 aliphatic carbocycles. The molecular weight excluding hydrogens is 250 g/mol. The standard InChI is InChI=1S/C13H12ClN3O/c1-8-3-4-12(15-7-8)17-13(18)11-6-10(14)5-9(2)16-11/h3-7H,1-2H3,(H,15,17,18). The quantitative estimate of drug-likeness (QED) is 0.904. The predicted molar refractivity (Wildman–Crippen MR) is 70.9 cm³/mol. The molecular formula is C13H12ClN3O. The van der Waals surface area contributed by atoms with Gasteiger partial charge in [-0.25, -0.2) is 9.97 Å². The summed E-state index contributed by atoms with van der Waals surface area (Å²) in [6.45, 7) is 3.72. The molecule has 18 heavy (non-hydrogen) atoms. The topological polar surface area (TPSA) is 54.9 Å². The van der Waals surface area contributed by atoms with Crippen molar-refractivity contribution in [1.82, 2.24) is 9.97 Å². The van der Waals surface area contributed by atoms with Gasteiger partial charge in [0.2, 0.25) is 0 Å². The molecule has 5 heteroatoms. The molecule has 0 saturated carbocycles. The number of anilines is 1. The van der Waals surface area contributed by atoms with Gasteiger partial charge in [0.25, 0.3) is 5.91 Å². The fourth-order valence-corrected chi connectivity index (χ4v) is 1.73. The number of aryl methyl sites for hydroxylation is 2. The van der Waals surface area contributed by atoms with Crippen molar-refractivity contribution in [2.75, 3.05) is 5.32 Å². The minimum atomic E-state index is -0.322. The van der Waals surface area contributed by atoms with E-state index in [0.29, 0.717) is 16.5 Å². The van der Waals surface area contributed by atoms with Crippen molar-refractivity contribution in [3.8, 4) is 0 Å². The molecule has 0 bridgehead atoms. The summed E-state index contributed by atoms with van der Waals surface area (Å²) in [5, 5.41) is 3.16. The Morgan fingerprint density at radius 1 is 1.28 bits per heavy atom. The summed E-state index contributed by atoms with van der Waals surface area (Å²) in [5.74, 6) is 0.169. The molecule has 0 aromatic carbocycles. The molecule has 92 valence electrons. The molecule has 0 unspecified atom stereocenters. The summed E-state index contributed by atoms with van der Waals surface area (Å²) in [5.41, 5.74) is 2.01. The maximum absolute atomic E-state index is 11.9. The fourth-order valence-electron chi connectivity index (χ4n) is 1.46. The normalized spacial score (nSPS) is 10.2. The van der Waals surface area contributed by atoms with Gasteiger partial charge in [-0.2, -0.15) is 0 Å². The third-order valence-corrected chi connectivity index (χ3v) is 2.52. The number of hydrogen-bond acceptors (Lipinski definition) is 3. The highest BCUT2D eigenvalue weighted by Gasteiger charge is 2.09. The van der Waals surface area contributed by atoms with Crippen molar-refractivity contribution >= 4 is 23.3 Å². The maximum Gasteiger partial charge on any atom is 0.275 e. The van der Waals surface area contributed by atoms with E-state index in [1.807, 2.05) is 13.0 Å². The van der Waals surface area contributed by atoms with E-state index in [4.69, 9.17) is 11.6 Å². The SMILES string of the molecule is Cc1ccc(NC(=O)c2cc(Cl)cc(C)n2)nc1. The Balaban J connectivity index is 2.19. The molecule has 1 N–H and O–H groups in total. The number of halogens is 1. The average molecular weight is 262 g/mol. The van der Waals surface area contributed by atoms with Crippen LogP contribution in [0, 0.1) is 13.8 Å². The fraction of sp³-hybridized carbons (Fsp3) is 0.154. The lowest BCUT2D eigenvalue weighted by Gasteiger charge is -2.05. The second-order valence-corrected chi connectivity index (χ2v) is 4.42. The number of amides is 1. The predicted octanol–water partition coefficient (Wildman–Crippen LogP) is 3.00. The van der Waals surface area contributed by atoms with Crippen molar-refractivity contribution in [3.63, 3.8) is 0 Å². The van der Waals surface area contributed by atoms with E-state index < -0.39 is 0 Å². The van der Waals surface area contributed by atoms with Crippen LogP contribution < -0.4 is 5.32 Å². The lowest BCUT2D eigenvalue weighted by atomic mass is 10.3. The van der Waals surface area contributed by atoms with Crippen molar-refractivity contribution in [1.29, 1.82) is 0 Å². The summed E-state index contributed by atoms with van der Waals surface area (Å²) in [6.07, 6.45) is 1.69. The van der Waals surface area contributed by atoms with Gasteiger partial charge in [0.1, 0.15) is 11.5 Å². The number of rotatable bonds is 2. The largest absolute Gasteiger partial charge is 0.305 e. The Morgan fingerprint density at radius 2 is 2.06 bits per heavy atom. The molecule has 2 aromatic heterocycles. The van der Waals surface area contributed by atoms with Gasteiger partial charge < -0.3 is 5.32 Å². The zero-order chi connectivity index (χ0) is 13.1. The highest BCUT2D eigenvalue weighted by Crippen LogP contribution is 2.13. The number of aromatic nitrogens is 2. The van der Waals surface area contributed by atoms with Crippen LogP contribution in [-0.2, 0) is 0 Å². The molecule has 0 fully saturated rings. The van der Waals surface area contributed by atoms with Gasteiger partial charge >= 0.3 is 0 Å². The van der Waals surface area contributed by atoms with Crippen LogP contribution in [0.4, 0.5) is 5.82 Å². The molecule has 2 heterocycles. The average Bonchev–Trinajstić information content (AvgIpc) is 2.31. The summed E-state index contributed by atoms with van der Waals surface area (Å²) < 4.78 is 0. The van der Waals surface area contributed by atoms with Gasteiger partial charge in [0.05, 0.1) is 0 Å². The van der Waals surface area contributed by atoms with Crippen LogP contribution in [0.5, 0.6) is 0 Å². The van der Waals surface area contributed by atoms with Gasteiger partial charge in [0.15, 0.2) is 0 Å². The Morgan fingerprint density at radius 3 is 2.67 bits per heavy atom. The van der Waals surface area contributed by atoms with E-state index in [-0.39, 0.29) is 11.6 Å². The van der Waals surface area contributed by atoms with E-state index in [1.54, 1.807) is 25.3 Å². The highest BCUT2D eigenvalue weighted by atomic mass is 35.5. The summed E-state index contributed by atoms with van der Waals surface area (Å²) in [7, 11) is 0. The minimum absolute atomic E-state index is 0.280. The molecule has 2 aromatic rings. The lowest BCUT2D eigenvalue weighted by molar-refractivity contribution is 0.102. The molecule has 4 nitrogen and oxygen atoms in total. The lowest BCUT2D eigenvalue weighted by Crippen LogP contribution is -2.15. The van der Waals surface area contributed by atoms with Gasteiger partial charge in [-0.05, 0) is 37.6 Å². The zero-order valence-electron chi connectivity index (χ0n) is 10.1. The van der Waals surface area contributed by atoms with Crippen LogP contribution in [0.3, 0.4) is 0 Å². The first-order valence-corrected chi connectivity index (χ1v) is 5.80. The molecule has 2 rings (SSSR count). The van der Waals surface area contributed by atoms with Crippen molar-refractivity contribution in [2.45, 2.75) is 13.8 Å². The summed E-state index contributed by atoms with van der Waals surface area (Å²) >= 11 is 5.88. The monoisotopic (exact) mass is 261 g/mol. The maximum atomic E-state index is 11.9. The highest BCUT2D eigenvalue weighted by molar-refractivity contribution is 6.31. The Bertz CT molecular complexity index is 561. The third kappa shape index (κ3) is 3.05. The molecule has 1 amide bonds. The number of nitrogens with zero attached hydrogens (tertiary/aromatic N) is 2. The smallest absolute Gasteiger partial charge is 0.275 e. The van der Waals surface area contributed by atoms with Crippen molar-refractivity contribution < 1.29 is 4.79 Å². The first kappa shape index (κ1) is 12.5. The molecule has 0 atom stereocenters. The second kappa shape index (κ2) is 5.14. The van der Waals surface area contributed by atoms with Crippen LogP contribution in [-0.4, -0.2) is 15.9 Å². The Labute approximate surface area is 110 Å². The zero-order valence-corrected chi connectivity index (χ0v) is 10.8. The number of carbonyl (C=O) groups excluding carboxylic acids is 1. The van der Waals surface area contributed by atoms with E-state index in [2.05, 4.69) is 15.3 Å². The molecule has 0 radical (unpaired) electrons. The van der Waals surface area contributed by atoms with Gasteiger partial charge in [-0.3, -0.25) is 4.79 Å². The van der Waals surface area contributed by atoms with E-state index in [9.17, 15) is 4.79 Å². The first-order chi connectivity index (χ1) is 8.54. The number of hydrogen-bond donors (Lipinski definition) is 1. The van der Waals surface area contributed by atoms with Crippen LogP contribution >= 0.6 is 11.6 Å². The Kier molecular flexibility index (Phi) is 3.58. The molecule has 0 aliphatic heterocycles. The van der Waals surface area contributed by atoms with Gasteiger partial charge in [-0.15, -0.1) is 0 Å². The van der Waals surface area contributed by atoms with E-state index in [0.717, 1.165) is 5.56 Å². The van der Waals surface area contributed by atoms with E-state index >= 15 is 0 Å². The van der Waals surface area contributed by atoms with Crippen molar-refractivity contribution in [3.05, 3.63) is 52.4 Å². The van der Waals surface area contributed by atoms with Crippen LogP contribution in [0.25, 0.3) is 0 Å². The number of pyridine rings is 2. The summed E-state index contributed by atoms with van der Waals surface area (Å²) in [6, 6.07) is 6.84. The molecule has 0 saturated heterocycles. The van der Waals surface area contributed by atoms with Crippen molar-refractivity contribution in [2.24, 2.45) is 0 Å². The first-order valence-electron chi connectivity index (χ1n) is 5.43.